The molecule has 2 aliphatic rings. The molecule has 0 saturated carbocycles. The van der Waals surface area contributed by atoms with Gasteiger partial charge in [-0.15, -0.1) is 0 Å². The van der Waals surface area contributed by atoms with Crippen LogP contribution in [0.2, 0.25) is 0 Å². The lowest BCUT2D eigenvalue weighted by molar-refractivity contribution is 0.112. The normalized spacial score (nSPS) is 10.7. The van der Waals surface area contributed by atoms with Crippen LogP contribution >= 0.6 is 15.9 Å². The lowest BCUT2D eigenvalue weighted by Crippen LogP contribution is -1.84. The molecule has 98 valence electrons. The predicted molar refractivity (Wildman–Crippen MR) is 86.3 cm³/mol. The van der Waals surface area contributed by atoms with Crippen LogP contribution in [0.5, 0.6) is 0 Å². The molecule has 1 nitrogen and oxygen atoms in total. The van der Waals surface area contributed by atoms with Gasteiger partial charge in [-0.25, -0.2) is 0 Å². The molecule has 0 saturated heterocycles. The van der Waals surface area contributed by atoms with Crippen molar-refractivity contribution >= 4 is 22.2 Å². The summed E-state index contributed by atoms with van der Waals surface area (Å²) in [6.07, 6.45) is 0.964. The summed E-state index contributed by atoms with van der Waals surface area (Å²) in [5.41, 5.74) is 6.15. The summed E-state index contributed by atoms with van der Waals surface area (Å²) < 4.78 is 1.01. The molecule has 0 bridgehead atoms. The van der Waals surface area contributed by atoms with E-state index in [9.17, 15) is 4.79 Å². The molecule has 0 amide bonds. The number of aldehydes is 1. The molecule has 0 aromatic heterocycles. The second-order valence-corrected chi connectivity index (χ2v) is 5.70. The molecule has 1 aromatic carbocycles. The van der Waals surface area contributed by atoms with Crippen molar-refractivity contribution in [1.29, 1.82) is 0 Å². The van der Waals surface area contributed by atoms with E-state index in [0.29, 0.717) is 0 Å². The Hall–Kier alpha value is -1.93. The van der Waals surface area contributed by atoms with Gasteiger partial charge < -0.3 is 0 Å². The summed E-state index contributed by atoms with van der Waals surface area (Å²) in [5, 5.41) is 0. The molecular formula is C18H13BrO. The lowest BCUT2D eigenvalue weighted by Gasteiger charge is -2.04. The number of carbonyl (C=O) groups is 1. The molecule has 2 aliphatic carbocycles. The van der Waals surface area contributed by atoms with Gasteiger partial charge >= 0.3 is 0 Å². The largest absolute Gasteiger partial charge is 0.298 e. The molecule has 20 heavy (non-hydrogen) atoms. The standard InChI is InChI=1S/C18H13BrO/c1-12-15-8-3-2-4-9-16(15)18(17(12)11-20)13-6-5-7-14(19)10-13/h2-11H,1H3. The molecule has 0 N–H and O–H groups in total. The molecule has 0 unspecified atom stereocenters. The van der Waals surface area contributed by atoms with Crippen LogP contribution in [-0.4, -0.2) is 6.29 Å². The first-order valence-corrected chi connectivity index (χ1v) is 7.24. The number of halogens is 1. The van der Waals surface area contributed by atoms with Gasteiger partial charge in [0, 0.05) is 15.6 Å². The van der Waals surface area contributed by atoms with Gasteiger partial charge in [0.05, 0.1) is 0 Å². The Labute approximate surface area is 126 Å². The zero-order valence-corrected chi connectivity index (χ0v) is 12.6. The zero-order chi connectivity index (χ0) is 14.1. The monoisotopic (exact) mass is 324 g/mol. The second kappa shape index (κ2) is 5.22. The van der Waals surface area contributed by atoms with Crippen LogP contribution in [0, 0.1) is 6.92 Å². The van der Waals surface area contributed by atoms with Crippen molar-refractivity contribution in [3.05, 3.63) is 70.2 Å². The highest BCUT2D eigenvalue weighted by molar-refractivity contribution is 9.10. The van der Waals surface area contributed by atoms with Crippen LogP contribution in [-0.2, 0) is 0 Å². The summed E-state index contributed by atoms with van der Waals surface area (Å²) >= 11 is 3.50. The molecule has 0 spiro atoms. The maximum Gasteiger partial charge on any atom is 0.150 e. The molecule has 0 fully saturated rings. The molecule has 0 radical (unpaired) electrons. The highest BCUT2D eigenvalue weighted by Crippen LogP contribution is 2.41. The van der Waals surface area contributed by atoms with Crippen LogP contribution in [0.1, 0.15) is 15.9 Å². The third-order valence-corrected chi connectivity index (χ3v) is 4.11. The maximum absolute atomic E-state index is 11.5. The topological polar surface area (TPSA) is 17.1 Å². The van der Waals surface area contributed by atoms with Gasteiger partial charge in [0.15, 0.2) is 6.29 Å². The van der Waals surface area contributed by atoms with Gasteiger partial charge in [-0.05, 0) is 41.3 Å². The van der Waals surface area contributed by atoms with Crippen molar-refractivity contribution in [2.45, 2.75) is 6.92 Å². The van der Waals surface area contributed by atoms with Crippen molar-refractivity contribution in [1.82, 2.24) is 0 Å². The molecule has 1 aromatic rings. The Bertz CT molecular complexity index is 761. The minimum atomic E-state index is 0.782. The molecular weight excluding hydrogens is 312 g/mol. The minimum absolute atomic E-state index is 0.782. The molecule has 0 heterocycles. The minimum Gasteiger partial charge on any atom is -0.298 e. The summed E-state index contributed by atoms with van der Waals surface area (Å²) in [5.74, 6) is 0. The van der Waals surface area contributed by atoms with Gasteiger partial charge in [-0.2, -0.15) is 0 Å². The number of fused-ring (bicyclic) bond motifs is 1. The molecule has 0 aliphatic heterocycles. The molecule has 0 atom stereocenters. The molecule has 3 rings (SSSR count). The van der Waals surface area contributed by atoms with Crippen molar-refractivity contribution in [3.8, 4) is 22.3 Å². The van der Waals surface area contributed by atoms with Crippen LogP contribution in [0.25, 0.3) is 22.3 Å². The van der Waals surface area contributed by atoms with Crippen LogP contribution < -0.4 is 0 Å². The van der Waals surface area contributed by atoms with Crippen molar-refractivity contribution in [3.63, 3.8) is 0 Å². The Morgan fingerprint density at radius 3 is 2.40 bits per heavy atom. The fourth-order valence-electron chi connectivity index (χ4n) is 2.67. The average Bonchev–Trinajstić information content (AvgIpc) is 2.61. The van der Waals surface area contributed by atoms with E-state index in [0.717, 1.165) is 44.1 Å². The smallest absolute Gasteiger partial charge is 0.150 e. The fourth-order valence-corrected chi connectivity index (χ4v) is 3.07. The van der Waals surface area contributed by atoms with Crippen molar-refractivity contribution in [2.75, 3.05) is 0 Å². The lowest BCUT2D eigenvalue weighted by atomic mass is 10.0. The van der Waals surface area contributed by atoms with E-state index in [-0.39, 0.29) is 0 Å². The first-order valence-electron chi connectivity index (χ1n) is 6.45. The van der Waals surface area contributed by atoms with E-state index in [4.69, 9.17) is 0 Å². The summed E-state index contributed by atoms with van der Waals surface area (Å²) in [7, 11) is 0. The van der Waals surface area contributed by atoms with E-state index in [1.165, 1.54) is 0 Å². The van der Waals surface area contributed by atoms with Gasteiger partial charge in [-0.1, -0.05) is 58.4 Å². The second-order valence-electron chi connectivity index (χ2n) is 4.78. The number of carbonyl (C=O) groups excluding carboxylic acids is 1. The van der Waals surface area contributed by atoms with Gasteiger partial charge in [-0.3, -0.25) is 4.79 Å². The van der Waals surface area contributed by atoms with Crippen LogP contribution in [0.4, 0.5) is 0 Å². The van der Waals surface area contributed by atoms with Gasteiger partial charge in [0.1, 0.15) is 0 Å². The Morgan fingerprint density at radius 1 is 0.950 bits per heavy atom. The van der Waals surface area contributed by atoms with Crippen molar-refractivity contribution < 1.29 is 4.79 Å². The highest BCUT2D eigenvalue weighted by Gasteiger charge is 2.20. The van der Waals surface area contributed by atoms with Crippen LogP contribution in [0.15, 0.2) is 59.1 Å². The number of hydrogen-bond acceptors (Lipinski definition) is 1. The number of benzene rings is 1. The van der Waals surface area contributed by atoms with Gasteiger partial charge in [0.2, 0.25) is 0 Å². The van der Waals surface area contributed by atoms with Gasteiger partial charge in [0.25, 0.3) is 0 Å². The number of rotatable bonds is 2. The average molecular weight is 325 g/mol. The summed E-state index contributed by atoms with van der Waals surface area (Å²) in [6.45, 7) is 2.01. The highest BCUT2D eigenvalue weighted by atomic mass is 79.9. The quantitative estimate of drug-likeness (QED) is 0.581. The Kier molecular flexibility index (Phi) is 3.41. The third-order valence-electron chi connectivity index (χ3n) is 3.62. The fraction of sp³-hybridized carbons (Fsp3) is 0.0556. The van der Waals surface area contributed by atoms with E-state index in [1.807, 2.05) is 49.4 Å². The summed E-state index contributed by atoms with van der Waals surface area (Å²) in [4.78, 5) is 11.5. The first kappa shape index (κ1) is 13.1. The summed E-state index contributed by atoms with van der Waals surface area (Å²) in [6, 6.07) is 18.2. The van der Waals surface area contributed by atoms with E-state index in [1.54, 1.807) is 0 Å². The Balaban J connectivity index is 2.39. The maximum atomic E-state index is 11.5. The van der Waals surface area contributed by atoms with E-state index in [2.05, 4.69) is 28.1 Å². The van der Waals surface area contributed by atoms with Crippen molar-refractivity contribution in [2.24, 2.45) is 0 Å². The number of hydrogen-bond donors (Lipinski definition) is 0. The molecule has 2 heteroatoms. The van der Waals surface area contributed by atoms with Crippen LogP contribution in [0.3, 0.4) is 0 Å². The third kappa shape index (κ3) is 2.06. The Morgan fingerprint density at radius 2 is 1.70 bits per heavy atom. The zero-order valence-electron chi connectivity index (χ0n) is 11.1. The van der Waals surface area contributed by atoms with E-state index >= 15 is 0 Å². The first-order chi connectivity index (χ1) is 9.72. The SMILES string of the molecule is Cc1c2cccccc-2c(-c2cccc(Br)c2)c1C=O. The van der Waals surface area contributed by atoms with E-state index < -0.39 is 0 Å². The predicted octanol–water partition coefficient (Wildman–Crippen LogP) is 5.34.